The molecule has 0 fully saturated rings. The van der Waals surface area contributed by atoms with E-state index in [1.54, 1.807) is 11.3 Å². The number of aromatic nitrogens is 1. The Bertz CT molecular complexity index is 652. The zero-order valence-electron chi connectivity index (χ0n) is 15.4. The summed E-state index contributed by atoms with van der Waals surface area (Å²) in [4.78, 5) is 12.4. The lowest BCUT2D eigenvalue weighted by Crippen LogP contribution is -2.36. The van der Waals surface area contributed by atoms with Gasteiger partial charge >= 0.3 is 0 Å². The molecule has 2 aromatic rings. The van der Waals surface area contributed by atoms with Crippen LogP contribution in [-0.2, 0) is 19.6 Å². The van der Waals surface area contributed by atoms with Crippen molar-refractivity contribution in [2.45, 2.75) is 33.5 Å². The number of nitrogens with one attached hydrogen (secondary N) is 2. The zero-order chi connectivity index (χ0) is 17.4. The summed E-state index contributed by atoms with van der Waals surface area (Å²) in [6.45, 7) is 7.30. The van der Waals surface area contributed by atoms with Gasteiger partial charge < -0.3 is 15.5 Å². The van der Waals surface area contributed by atoms with E-state index in [4.69, 9.17) is 0 Å². The van der Waals surface area contributed by atoms with Gasteiger partial charge in [-0.25, -0.2) is 9.98 Å². The molecule has 1 aromatic carbocycles. The van der Waals surface area contributed by atoms with Crippen molar-refractivity contribution in [3.8, 4) is 0 Å². The van der Waals surface area contributed by atoms with Crippen LogP contribution in [0.2, 0.25) is 0 Å². The van der Waals surface area contributed by atoms with Crippen molar-refractivity contribution in [1.82, 2.24) is 20.5 Å². The molecule has 5 nitrogen and oxygen atoms in total. The van der Waals surface area contributed by atoms with E-state index in [0.29, 0.717) is 13.1 Å². The number of aryl methyl sites for hydroxylation is 1. The Kier molecular flexibility index (Phi) is 9.99. The third-order valence-corrected chi connectivity index (χ3v) is 4.27. The maximum Gasteiger partial charge on any atom is 0.191 e. The number of nitrogens with zero attached hydrogens (tertiary/aromatic N) is 3. The van der Waals surface area contributed by atoms with Gasteiger partial charge in [0.15, 0.2) is 5.96 Å². The largest absolute Gasteiger partial charge is 0.357 e. The highest BCUT2D eigenvalue weighted by Gasteiger charge is 2.02. The third kappa shape index (κ3) is 8.15. The van der Waals surface area contributed by atoms with Gasteiger partial charge in [-0.2, -0.15) is 0 Å². The quantitative estimate of drug-likeness (QED) is 0.368. The lowest BCUT2D eigenvalue weighted by Gasteiger charge is -2.11. The number of aliphatic imine (C=N–C) groups is 1. The molecule has 2 N–H and O–H groups in total. The zero-order valence-corrected chi connectivity index (χ0v) is 18.5. The second-order valence-corrected chi connectivity index (χ2v) is 7.29. The van der Waals surface area contributed by atoms with Crippen molar-refractivity contribution in [1.29, 1.82) is 0 Å². The first-order valence-corrected chi connectivity index (χ1v) is 9.04. The van der Waals surface area contributed by atoms with E-state index < -0.39 is 0 Å². The van der Waals surface area contributed by atoms with Crippen LogP contribution < -0.4 is 10.6 Å². The molecule has 2 rings (SSSR count). The summed E-state index contributed by atoms with van der Waals surface area (Å²) < 4.78 is 0. The Morgan fingerprint density at radius 3 is 2.40 bits per heavy atom. The molecule has 0 saturated carbocycles. The number of halogens is 1. The maximum atomic E-state index is 4.66. The van der Waals surface area contributed by atoms with Crippen molar-refractivity contribution < 1.29 is 0 Å². The van der Waals surface area contributed by atoms with E-state index in [1.807, 2.05) is 6.20 Å². The summed E-state index contributed by atoms with van der Waals surface area (Å²) in [5.41, 5.74) is 2.52. The standard InChI is InChI=1S/C18H27N5S.HI/c1-5-19-18(22-12-17-20-10-14(2)24-17)21-11-15-6-8-16(9-7-15)13-23(3)4;/h6-10H,5,11-13H2,1-4H3,(H2,19,21,22);1H. The molecule has 1 heterocycles. The van der Waals surface area contributed by atoms with Crippen molar-refractivity contribution in [3.05, 3.63) is 51.5 Å². The maximum absolute atomic E-state index is 4.66. The highest BCUT2D eigenvalue weighted by molar-refractivity contribution is 14.0. The van der Waals surface area contributed by atoms with Gasteiger partial charge in [-0.3, -0.25) is 0 Å². The minimum Gasteiger partial charge on any atom is -0.357 e. The fourth-order valence-electron chi connectivity index (χ4n) is 2.27. The Hall–Kier alpha value is -1.19. The van der Waals surface area contributed by atoms with Gasteiger partial charge in [0.2, 0.25) is 0 Å². The van der Waals surface area contributed by atoms with Crippen LogP contribution in [0.15, 0.2) is 35.5 Å². The minimum atomic E-state index is 0. The number of hydrogen-bond acceptors (Lipinski definition) is 4. The summed E-state index contributed by atoms with van der Waals surface area (Å²) in [6.07, 6.45) is 1.90. The van der Waals surface area contributed by atoms with E-state index in [0.717, 1.165) is 24.1 Å². The van der Waals surface area contributed by atoms with E-state index >= 15 is 0 Å². The molecule has 0 aliphatic heterocycles. The van der Waals surface area contributed by atoms with Crippen LogP contribution in [0.3, 0.4) is 0 Å². The van der Waals surface area contributed by atoms with Crippen LogP contribution in [0, 0.1) is 6.92 Å². The van der Waals surface area contributed by atoms with Crippen LogP contribution in [-0.4, -0.2) is 36.5 Å². The molecular weight excluding hydrogens is 445 g/mol. The number of benzene rings is 1. The van der Waals surface area contributed by atoms with Crippen molar-refractivity contribution in [2.24, 2.45) is 4.99 Å². The third-order valence-electron chi connectivity index (χ3n) is 3.36. The Morgan fingerprint density at radius 1 is 1.16 bits per heavy atom. The second kappa shape index (κ2) is 11.4. The monoisotopic (exact) mass is 473 g/mol. The molecule has 0 atom stereocenters. The van der Waals surface area contributed by atoms with E-state index in [2.05, 4.69) is 77.7 Å². The van der Waals surface area contributed by atoms with E-state index in [9.17, 15) is 0 Å². The Morgan fingerprint density at radius 2 is 1.84 bits per heavy atom. The van der Waals surface area contributed by atoms with Crippen molar-refractivity contribution in [3.63, 3.8) is 0 Å². The average Bonchev–Trinajstić information content (AvgIpc) is 2.96. The predicted molar refractivity (Wildman–Crippen MR) is 118 cm³/mol. The molecule has 0 saturated heterocycles. The molecule has 1 aromatic heterocycles. The van der Waals surface area contributed by atoms with E-state index in [1.165, 1.54) is 16.0 Å². The second-order valence-electron chi connectivity index (χ2n) is 5.97. The van der Waals surface area contributed by atoms with Crippen LogP contribution in [0.5, 0.6) is 0 Å². The van der Waals surface area contributed by atoms with Crippen LogP contribution in [0.1, 0.15) is 27.9 Å². The molecule has 7 heteroatoms. The van der Waals surface area contributed by atoms with Gasteiger partial charge in [-0.05, 0) is 39.1 Å². The molecule has 0 unspecified atom stereocenters. The first kappa shape index (κ1) is 21.9. The summed E-state index contributed by atoms with van der Waals surface area (Å²) in [6, 6.07) is 8.64. The van der Waals surface area contributed by atoms with Gasteiger partial charge in [-0.15, -0.1) is 35.3 Å². The fourth-order valence-corrected chi connectivity index (χ4v) is 3.00. The molecule has 138 valence electrons. The van der Waals surface area contributed by atoms with Crippen molar-refractivity contribution >= 4 is 41.3 Å². The lowest BCUT2D eigenvalue weighted by atomic mass is 10.1. The summed E-state index contributed by atoms with van der Waals surface area (Å²) >= 11 is 1.71. The van der Waals surface area contributed by atoms with Crippen LogP contribution >= 0.6 is 35.3 Å². The van der Waals surface area contributed by atoms with Gasteiger partial charge in [0.05, 0.1) is 13.1 Å². The fraction of sp³-hybridized carbons (Fsp3) is 0.444. The summed E-state index contributed by atoms with van der Waals surface area (Å²) in [5.74, 6) is 0.822. The number of thiazole rings is 1. The number of hydrogen-bond donors (Lipinski definition) is 2. The molecule has 0 bridgehead atoms. The molecule has 25 heavy (non-hydrogen) atoms. The van der Waals surface area contributed by atoms with Crippen LogP contribution in [0.4, 0.5) is 0 Å². The van der Waals surface area contributed by atoms with Gasteiger partial charge in [0.25, 0.3) is 0 Å². The predicted octanol–water partition coefficient (Wildman–Crippen LogP) is 3.39. The smallest absolute Gasteiger partial charge is 0.191 e. The van der Waals surface area contributed by atoms with Gasteiger partial charge in [0, 0.05) is 24.2 Å². The molecule has 0 amide bonds. The normalized spacial score (nSPS) is 11.3. The van der Waals surface area contributed by atoms with Gasteiger partial charge in [0.1, 0.15) is 5.01 Å². The van der Waals surface area contributed by atoms with Crippen LogP contribution in [0.25, 0.3) is 0 Å². The number of rotatable bonds is 7. The Balaban J connectivity index is 0.00000312. The lowest BCUT2D eigenvalue weighted by molar-refractivity contribution is 0.402. The first-order valence-electron chi connectivity index (χ1n) is 8.23. The SMILES string of the molecule is CCNC(=NCc1ccc(CN(C)C)cc1)NCc1ncc(C)s1.I. The topological polar surface area (TPSA) is 52.6 Å². The van der Waals surface area contributed by atoms with E-state index in [-0.39, 0.29) is 24.0 Å². The first-order chi connectivity index (χ1) is 11.6. The molecule has 0 radical (unpaired) electrons. The minimum absolute atomic E-state index is 0. The van der Waals surface area contributed by atoms with Crippen molar-refractivity contribution in [2.75, 3.05) is 20.6 Å². The molecule has 0 aliphatic rings. The summed E-state index contributed by atoms with van der Waals surface area (Å²) in [7, 11) is 4.16. The van der Waals surface area contributed by atoms with Gasteiger partial charge in [-0.1, -0.05) is 24.3 Å². The molecule has 0 spiro atoms. The highest BCUT2D eigenvalue weighted by Crippen LogP contribution is 2.10. The Labute approximate surface area is 172 Å². The average molecular weight is 473 g/mol. The highest BCUT2D eigenvalue weighted by atomic mass is 127. The molecular formula is C18H28IN5S. The summed E-state index contributed by atoms with van der Waals surface area (Å²) in [5, 5.41) is 7.69. The number of guanidine groups is 1. The molecule has 0 aliphatic carbocycles.